The van der Waals surface area contributed by atoms with E-state index in [4.69, 9.17) is 14.5 Å². The van der Waals surface area contributed by atoms with Crippen LogP contribution in [0.25, 0.3) is 21.7 Å². The summed E-state index contributed by atoms with van der Waals surface area (Å²) in [6.07, 6.45) is 6.53. The van der Waals surface area contributed by atoms with Crippen LogP contribution in [-0.4, -0.2) is 47.6 Å². The maximum Gasteiger partial charge on any atom is 0.339 e. The van der Waals surface area contributed by atoms with Gasteiger partial charge in [-0.1, -0.05) is 31.2 Å². The minimum absolute atomic E-state index is 0.101. The first-order chi connectivity index (χ1) is 18.5. The number of anilines is 2. The summed E-state index contributed by atoms with van der Waals surface area (Å²) in [6.45, 7) is 5.06. The van der Waals surface area contributed by atoms with Crippen molar-refractivity contribution >= 4 is 51.4 Å². The number of carboxylic acids is 1. The molecule has 4 aromatic rings. The Morgan fingerprint density at radius 2 is 2.03 bits per heavy atom. The highest BCUT2D eigenvalue weighted by Crippen LogP contribution is 2.35. The molecule has 0 fully saturated rings. The van der Waals surface area contributed by atoms with Crippen LogP contribution >= 0.6 is 34.4 Å². The van der Waals surface area contributed by atoms with E-state index in [-0.39, 0.29) is 11.4 Å². The third-order valence-electron chi connectivity index (χ3n) is 5.10. The van der Waals surface area contributed by atoms with Crippen LogP contribution in [-0.2, 0) is 11.2 Å². The predicted octanol–water partition coefficient (Wildman–Crippen LogP) is 7.85. The van der Waals surface area contributed by atoms with E-state index in [2.05, 4.69) is 17.2 Å². The number of ether oxygens (including phenoxy) is 2. The number of pyridine rings is 1. The molecular formula is C28H31N3O4S3. The van der Waals surface area contributed by atoms with Gasteiger partial charge in [-0.25, -0.2) is 14.8 Å². The minimum atomic E-state index is -1.04. The van der Waals surface area contributed by atoms with E-state index < -0.39 is 5.97 Å². The summed E-state index contributed by atoms with van der Waals surface area (Å²) < 4.78 is 10.8. The summed E-state index contributed by atoms with van der Waals surface area (Å²) >= 11 is 4.74. The van der Waals surface area contributed by atoms with E-state index in [0.29, 0.717) is 18.3 Å². The Kier molecular flexibility index (Phi) is 11.8. The van der Waals surface area contributed by atoms with Crippen molar-refractivity contribution in [3.05, 3.63) is 76.0 Å². The van der Waals surface area contributed by atoms with E-state index in [1.54, 1.807) is 31.1 Å². The van der Waals surface area contributed by atoms with Crippen LogP contribution in [0.2, 0.25) is 0 Å². The molecule has 0 unspecified atom stereocenters. The second kappa shape index (κ2) is 15.3. The van der Waals surface area contributed by atoms with E-state index >= 15 is 0 Å². The molecule has 0 aliphatic carbocycles. The van der Waals surface area contributed by atoms with Crippen LogP contribution in [0.5, 0.6) is 5.75 Å². The monoisotopic (exact) mass is 569 g/mol. The number of aryl methyl sites for hydroxylation is 1. The topological polar surface area (TPSA) is 93.6 Å². The first-order valence-electron chi connectivity index (χ1n) is 11.9. The second-order valence-corrected chi connectivity index (χ2v) is 10.5. The average Bonchev–Trinajstić information content (AvgIpc) is 3.60. The van der Waals surface area contributed by atoms with Gasteiger partial charge >= 0.3 is 5.97 Å². The third-order valence-corrected chi connectivity index (χ3v) is 7.68. The molecule has 3 aromatic heterocycles. The molecule has 200 valence electrons. The number of carboxylic acid groups (broad SMARTS) is 1. The molecule has 0 atom stereocenters. The van der Waals surface area contributed by atoms with Crippen molar-refractivity contribution in [1.82, 2.24) is 9.97 Å². The number of aromatic carboxylic acids is 1. The summed E-state index contributed by atoms with van der Waals surface area (Å²) in [5, 5.41) is 17.4. The third kappa shape index (κ3) is 8.16. The van der Waals surface area contributed by atoms with Crippen molar-refractivity contribution in [3.63, 3.8) is 0 Å². The largest absolute Gasteiger partial charge is 0.491 e. The molecule has 7 nitrogen and oxygen atoms in total. The molecule has 2 N–H and O–H groups in total. The fourth-order valence-electron chi connectivity index (χ4n) is 3.39. The number of aromatic nitrogens is 2. The number of thiophene rings is 1. The molecule has 0 saturated carbocycles. The van der Waals surface area contributed by atoms with E-state index in [0.717, 1.165) is 38.7 Å². The first kappa shape index (κ1) is 29.4. The molecule has 38 heavy (non-hydrogen) atoms. The smallest absolute Gasteiger partial charge is 0.339 e. The summed E-state index contributed by atoms with van der Waals surface area (Å²) in [7, 11) is 1.64. The summed E-state index contributed by atoms with van der Waals surface area (Å²) in [5.74, 6) is -0.0349. The predicted molar refractivity (Wildman–Crippen MR) is 160 cm³/mol. The number of hydrogen-bond acceptors (Lipinski definition) is 9. The lowest BCUT2D eigenvalue weighted by atomic mass is 10.1. The number of rotatable bonds is 11. The Balaban J connectivity index is 0.000000732. The Hall–Kier alpha value is -3.18. The van der Waals surface area contributed by atoms with Crippen LogP contribution < -0.4 is 10.1 Å². The number of nitrogens with one attached hydrogen (secondary N) is 1. The van der Waals surface area contributed by atoms with Gasteiger partial charge in [-0.2, -0.15) is 0 Å². The number of nitrogens with zero attached hydrogens (tertiary/aromatic N) is 2. The maximum absolute atomic E-state index is 11.9. The SMILES string of the molecule is C/C=C\SC.CCc1sc(Nc2ncc(-c3cccs3)cc2C(=O)O)nc1-c1cccc(OCCOC)c1. The van der Waals surface area contributed by atoms with Gasteiger partial charge < -0.3 is 19.9 Å². The number of benzene rings is 1. The lowest BCUT2D eigenvalue weighted by molar-refractivity contribution is 0.0697. The summed E-state index contributed by atoms with van der Waals surface area (Å²) in [5.41, 5.74) is 2.65. The normalized spacial score (nSPS) is 10.7. The summed E-state index contributed by atoms with van der Waals surface area (Å²) in [4.78, 5) is 23.1. The lowest BCUT2D eigenvalue weighted by Crippen LogP contribution is -2.05. The number of hydrogen-bond donors (Lipinski definition) is 2. The number of allylic oxidation sites excluding steroid dienone is 1. The number of carbonyl (C=O) groups is 1. The lowest BCUT2D eigenvalue weighted by Gasteiger charge is -2.08. The Bertz CT molecular complexity index is 1340. The highest BCUT2D eigenvalue weighted by molar-refractivity contribution is 8.01. The van der Waals surface area contributed by atoms with Crippen molar-refractivity contribution in [1.29, 1.82) is 0 Å². The minimum Gasteiger partial charge on any atom is -0.491 e. The van der Waals surface area contributed by atoms with Crippen LogP contribution in [0.1, 0.15) is 29.1 Å². The molecule has 0 aliphatic rings. The standard InChI is InChI=1S/C24H23N3O4S2.C4H8S/c1-3-19-21(15-6-4-7-17(12-15)31-10-9-30-2)26-24(33-19)27-22-18(23(28)29)13-16(14-25-22)20-8-5-11-32-20;1-3-4-5-2/h4-8,11-14H,3,9-10H2,1-2H3,(H,28,29)(H,25,26,27);3-4H,1-2H3/b;4-3-. The zero-order valence-electron chi connectivity index (χ0n) is 21.8. The highest BCUT2D eigenvalue weighted by Gasteiger charge is 2.18. The molecule has 3 heterocycles. The van der Waals surface area contributed by atoms with Crippen molar-refractivity contribution < 1.29 is 19.4 Å². The molecular weight excluding hydrogens is 539 g/mol. The number of thiazole rings is 1. The molecule has 0 bridgehead atoms. The van der Waals surface area contributed by atoms with Crippen molar-refractivity contribution in [3.8, 4) is 27.4 Å². The number of thioether (sulfide) groups is 1. The Morgan fingerprint density at radius 1 is 1.18 bits per heavy atom. The van der Waals surface area contributed by atoms with Crippen LogP contribution in [0, 0.1) is 0 Å². The molecule has 10 heteroatoms. The second-order valence-electron chi connectivity index (χ2n) is 7.75. The van der Waals surface area contributed by atoms with Gasteiger partial charge in [-0.3, -0.25) is 0 Å². The molecule has 0 aliphatic heterocycles. The quantitative estimate of drug-likeness (QED) is 0.176. The van der Waals surface area contributed by atoms with E-state index in [1.807, 2.05) is 66.4 Å². The van der Waals surface area contributed by atoms with Gasteiger partial charge in [0.05, 0.1) is 12.3 Å². The number of methoxy groups -OCH3 is 1. The first-order valence-corrected chi connectivity index (χ1v) is 14.9. The van der Waals surface area contributed by atoms with Gasteiger partial charge in [-0.05, 0) is 54.7 Å². The molecule has 0 saturated heterocycles. The zero-order chi connectivity index (χ0) is 27.3. The van der Waals surface area contributed by atoms with Crippen molar-refractivity contribution in [2.75, 3.05) is 31.9 Å². The van der Waals surface area contributed by atoms with Crippen molar-refractivity contribution in [2.24, 2.45) is 0 Å². The average molecular weight is 570 g/mol. The molecule has 0 amide bonds. The van der Waals surface area contributed by atoms with Gasteiger partial charge in [0.15, 0.2) is 5.13 Å². The van der Waals surface area contributed by atoms with Crippen molar-refractivity contribution in [2.45, 2.75) is 20.3 Å². The Morgan fingerprint density at radius 3 is 2.66 bits per heavy atom. The van der Waals surface area contributed by atoms with Gasteiger partial charge in [0.1, 0.15) is 23.7 Å². The fraction of sp³-hybridized carbons (Fsp3) is 0.250. The molecule has 0 radical (unpaired) electrons. The van der Waals surface area contributed by atoms with Gasteiger partial charge in [0.25, 0.3) is 0 Å². The van der Waals surface area contributed by atoms with Crippen LogP contribution in [0.3, 0.4) is 0 Å². The molecule has 1 aromatic carbocycles. The van der Waals surface area contributed by atoms with Gasteiger partial charge in [-0.15, -0.1) is 34.4 Å². The fourth-order valence-corrected chi connectivity index (χ4v) is 5.29. The van der Waals surface area contributed by atoms with Gasteiger partial charge in [0.2, 0.25) is 0 Å². The van der Waals surface area contributed by atoms with Crippen LogP contribution in [0.15, 0.2) is 65.5 Å². The summed E-state index contributed by atoms with van der Waals surface area (Å²) in [6, 6.07) is 13.3. The molecule has 0 spiro atoms. The zero-order valence-corrected chi connectivity index (χ0v) is 24.2. The van der Waals surface area contributed by atoms with Gasteiger partial charge in [0, 0.05) is 34.2 Å². The molecule has 4 rings (SSSR count). The van der Waals surface area contributed by atoms with Crippen LogP contribution in [0.4, 0.5) is 10.9 Å². The van der Waals surface area contributed by atoms with E-state index in [1.165, 1.54) is 22.7 Å². The Labute approximate surface area is 235 Å². The maximum atomic E-state index is 11.9. The van der Waals surface area contributed by atoms with E-state index in [9.17, 15) is 9.90 Å². The highest BCUT2D eigenvalue weighted by atomic mass is 32.2.